The molecule has 1 heterocycles. The molecule has 0 amide bonds. The highest BCUT2D eigenvalue weighted by molar-refractivity contribution is 5.81. The van der Waals surface area contributed by atoms with E-state index in [2.05, 4.69) is 4.57 Å². The van der Waals surface area contributed by atoms with Crippen molar-refractivity contribution in [2.24, 2.45) is 7.05 Å². The lowest BCUT2D eigenvalue weighted by atomic mass is 10.2. The Hall–Kier alpha value is -1.31. The first kappa shape index (κ1) is 7.35. The summed E-state index contributed by atoms with van der Waals surface area (Å²) in [7, 11) is 1.98. The Balaban J connectivity index is 2.87. The van der Waals surface area contributed by atoms with Crippen molar-refractivity contribution in [2.45, 2.75) is 6.92 Å². The first-order valence-corrected chi connectivity index (χ1v) is 3.90. The summed E-state index contributed by atoms with van der Waals surface area (Å²) in [6.45, 7) is 2.01. The van der Waals surface area contributed by atoms with E-state index >= 15 is 0 Å². The SMILES string of the molecule is Cc1cc2cc(F)ccc2n1C. The van der Waals surface area contributed by atoms with Crippen LogP contribution >= 0.6 is 0 Å². The molecule has 2 heteroatoms. The summed E-state index contributed by atoms with van der Waals surface area (Å²) in [4.78, 5) is 0. The van der Waals surface area contributed by atoms with Crippen molar-refractivity contribution in [2.75, 3.05) is 0 Å². The largest absolute Gasteiger partial charge is 0.348 e. The van der Waals surface area contributed by atoms with Crippen LogP contribution in [0.2, 0.25) is 0 Å². The molecule has 0 atom stereocenters. The van der Waals surface area contributed by atoms with Crippen LogP contribution < -0.4 is 0 Å². The van der Waals surface area contributed by atoms with Gasteiger partial charge in [-0.3, -0.25) is 0 Å². The smallest absolute Gasteiger partial charge is 0.123 e. The first-order chi connectivity index (χ1) is 5.68. The second-order valence-electron chi connectivity index (χ2n) is 3.05. The second-order valence-corrected chi connectivity index (χ2v) is 3.05. The number of hydrogen-bond donors (Lipinski definition) is 0. The predicted octanol–water partition coefficient (Wildman–Crippen LogP) is 2.63. The van der Waals surface area contributed by atoms with Crippen molar-refractivity contribution < 1.29 is 4.39 Å². The summed E-state index contributed by atoms with van der Waals surface area (Å²) in [5.74, 6) is -0.173. The molecule has 0 spiro atoms. The van der Waals surface area contributed by atoms with Gasteiger partial charge in [-0.25, -0.2) is 4.39 Å². The standard InChI is InChI=1S/C10H10FN/c1-7-5-8-6-9(11)3-4-10(8)12(7)2/h3-6H,1-2H3. The van der Waals surface area contributed by atoms with Crippen molar-refractivity contribution in [1.29, 1.82) is 0 Å². The number of aromatic nitrogens is 1. The number of halogens is 1. The number of hydrogen-bond acceptors (Lipinski definition) is 0. The molecule has 0 aliphatic rings. The van der Waals surface area contributed by atoms with Crippen LogP contribution in [0.3, 0.4) is 0 Å². The third-order valence-corrected chi connectivity index (χ3v) is 2.24. The topological polar surface area (TPSA) is 4.93 Å². The van der Waals surface area contributed by atoms with Crippen molar-refractivity contribution in [3.05, 3.63) is 35.8 Å². The monoisotopic (exact) mass is 163 g/mol. The zero-order valence-corrected chi connectivity index (χ0v) is 7.13. The van der Waals surface area contributed by atoms with Crippen LogP contribution in [0.4, 0.5) is 4.39 Å². The molecule has 0 unspecified atom stereocenters. The number of fused-ring (bicyclic) bond motifs is 1. The summed E-state index contributed by atoms with van der Waals surface area (Å²) < 4.78 is 14.8. The molecule has 0 aliphatic heterocycles. The van der Waals surface area contributed by atoms with Crippen LogP contribution in [-0.2, 0) is 7.05 Å². The van der Waals surface area contributed by atoms with E-state index in [1.54, 1.807) is 12.1 Å². The van der Waals surface area contributed by atoms with Gasteiger partial charge in [0.05, 0.1) is 0 Å². The third kappa shape index (κ3) is 0.916. The van der Waals surface area contributed by atoms with Crippen molar-refractivity contribution in [3.63, 3.8) is 0 Å². The van der Waals surface area contributed by atoms with E-state index in [1.807, 2.05) is 20.0 Å². The van der Waals surface area contributed by atoms with Gasteiger partial charge < -0.3 is 4.57 Å². The Morgan fingerprint density at radius 1 is 1.25 bits per heavy atom. The Bertz CT molecular complexity index is 429. The van der Waals surface area contributed by atoms with E-state index in [-0.39, 0.29) is 5.82 Å². The molecule has 2 aromatic rings. The Morgan fingerprint density at radius 3 is 2.75 bits per heavy atom. The van der Waals surface area contributed by atoms with Crippen molar-refractivity contribution >= 4 is 10.9 Å². The van der Waals surface area contributed by atoms with E-state index < -0.39 is 0 Å². The maximum Gasteiger partial charge on any atom is 0.123 e. The van der Waals surface area contributed by atoms with Gasteiger partial charge in [0.25, 0.3) is 0 Å². The molecule has 0 radical (unpaired) electrons. The van der Waals surface area contributed by atoms with E-state index in [0.29, 0.717) is 0 Å². The highest BCUT2D eigenvalue weighted by atomic mass is 19.1. The highest BCUT2D eigenvalue weighted by Crippen LogP contribution is 2.18. The molecule has 0 fully saturated rings. The molecule has 62 valence electrons. The van der Waals surface area contributed by atoms with Gasteiger partial charge in [-0.15, -0.1) is 0 Å². The summed E-state index contributed by atoms with van der Waals surface area (Å²) >= 11 is 0. The number of rotatable bonds is 0. The quantitative estimate of drug-likeness (QED) is 0.562. The van der Waals surface area contributed by atoms with Gasteiger partial charge in [-0.05, 0) is 31.2 Å². The number of aryl methyl sites for hydroxylation is 2. The van der Waals surface area contributed by atoms with Crippen LogP contribution in [0, 0.1) is 12.7 Å². The molecule has 1 aromatic heterocycles. The zero-order chi connectivity index (χ0) is 8.72. The minimum absolute atomic E-state index is 0.173. The molecule has 0 aliphatic carbocycles. The predicted molar refractivity (Wildman–Crippen MR) is 47.6 cm³/mol. The van der Waals surface area contributed by atoms with Crippen LogP contribution in [0.25, 0.3) is 10.9 Å². The molecule has 0 bridgehead atoms. The van der Waals surface area contributed by atoms with E-state index in [0.717, 1.165) is 16.6 Å². The van der Waals surface area contributed by atoms with Gasteiger partial charge >= 0.3 is 0 Å². The molecule has 0 saturated heterocycles. The average Bonchev–Trinajstić information content (AvgIpc) is 2.28. The van der Waals surface area contributed by atoms with E-state index in [4.69, 9.17) is 0 Å². The lowest BCUT2D eigenvalue weighted by Gasteiger charge is -1.97. The fraction of sp³-hybridized carbons (Fsp3) is 0.200. The van der Waals surface area contributed by atoms with Gasteiger partial charge in [0.1, 0.15) is 5.82 Å². The summed E-state index contributed by atoms with van der Waals surface area (Å²) in [5, 5.41) is 0.968. The normalized spacial score (nSPS) is 10.9. The van der Waals surface area contributed by atoms with Gasteiger partial charge in [0.2, 0.25) is 0 Å². The maximum absolute atomic E-state index is 12.8. The Labute approximate surface area is 70.4 Å². The average molecular weight is 163 g/mol. The fourth-order valence-corrected chi connectivity index (χ4v) is 1.46. The maximum atomic E-state index is 12.8. The van der Waals surface area contributed by atoms with Gasteiger partial charge in [-0.1, -0.05) is 0 Å². The Kier molecular flexibility index (Phi) is 1.43. The van der Waals surface area contributed by atoms with Crippen LogP contribution in [0.15, 0.2) is 24.3 Å². The summed E-state index contributed by atoms with van der Waals surface area (Å²) in [5.41, 5.74) is 2.23. The van der Waals surface area contributed by atoms with Crippen LogP contribution in [0.1, 0.15) is 5.69 Å². The third-order valence-electron chi connectivity index (χ3n) is 2.24. The minimum Gasteiger partial charge on any atom is -0.348 e. The molecule has 2 rings (SSSR count). The van der Waals surface area contributed by atoms with Crippen LogP contribution in [-0.4, -0.2) is 4.57 Å². The lowest BCUT2D eigenvalue weighted by molar-refractivity contribution is 0.629. The summed E-state index contributed by atoms with van der Waals surface area (Å²) in [6.07, 6.45) is 0. The molecule has 12 heavy (non-hydrogen) atoms. The summed E-state index contributed by atoms with van der Waals surface area (Å²) in [6, 6.07) is 6.83. The van der Waals surface area contributed by atoms with Gasteiger partial charge in [0.15, 0.2) is 0 Å². The molecular weight excluding hydrogens is 153 g/mol. The lowest BCUT2D eigenvalue weighted by Crippen LogP contribution is -1.88. The van der Waals surface area contributed by atoms with Crippen molar-refractivity contribution in [3.8, 4) is 0 Å². The molecule has 1 nitrogen and oxygen atoms in total. The molecular formula is C10H10FN. The van der Waals surface area contributed by atoms with E-state index in [1.165, 1.54) is 6.07 Å². The highest BCUT2D eigenvalue weighted by Gasteiger charge is 2.01. The van der Waals surface area contributed by atoms with Gasteiger partial charge in [0, 0.05) is 23.6 Å². The number of benzene rings is 1. The molecule has 1 aromatic carbocycles. The molecule has 0 N–H and O–H groups in total. The second kappa shape index (κ2) is 2.34. The van der Waals surface area contributed by atoms with Crippen molar-refractivity contribution in [1.82, 2.24) is 4.57 Å². The Morgan fingerprint density at radius 2 is 2.00 bits per heavy atom. The van der Waals surface area contributed by atoms with Gasteiger partial charge in [-0.2, -0.15) is 0 Å². The number of nitrogens with zero attached hydrogens (tertiary/aromatic N) is 1. The van der Waals surface area contributed by atoms with Crippen LogP contribution in [0.5, 0.6) is 0 Å². The fourth-order valence-electron chi connectivity index (χ4n) is 1.46. The first-order valence-electron chi connectivity index (χ1n) is 3.90. The van der Waals surface area contributed by atoms with E-state index in [9.17, 15) is 4.39 Å². The minimum atomic E-state index is -0.173. The zero-order valence-electron chi connectivity index (χ0n) is 7.13. The molecule has 0 saturated carbocycles.